The van der Waals surface area contributed by atoms with Crippen LogP contribution >= 0.6 is 0 Å². The predicted molar refractivity (Wildman–Crippen MR) is 129 cm³/mol. The van der Waals surface area contributed by atoms with Crippen molar-refractivity contribution in [1.82, 2.24) is 4.90 Å². The van der Waals surface area contributed by atoms with Gasteiger partial charge in [-0.05, 0) is 48.0 Å². The third-order valence-electron chi connectivity index (χ3n) is 6.05. The largest absolute Gasteiger partial charge is 0.449 e. The average Bonchev–Trinajstić information content (AvgIpc) is 2.88. The molecule has 7 heteroatoms. The second-order valence-corrected chi connectivity index (χ2v) is 8.22. The van der Waals surface area contributed by atoms with Gasteiger partial charge in [-0.2, -0.15) is 0 Å². The number of nitrogens with zero attached hydrogens (tertiary/aromatic N) is 3. The summed E-state index contributed by atoms with van der Waals surface area (Å²) in [5.41, 5.74) is 2.33. The molecule has 3 aromatic rings. The Morgan fingerprint density at radius 1 is 0.882 bits per heavy atom. The zero-order valence-corrected chi connectivity index (χ0v) is 18.6. The van der Waals surface area contributed by atoms with Gasteiger partial charge in [-0.15, -0.1) is 0 Å². The van der Waals surface area contributed by atoms with Gasteiger partial charge in [0.25, 0.3) is 5.91 Å². The van der Waals surface area contributed by atoms with Crippen LogP contribution in [-0.2, 0) is 9.59 Å². The highest BCUT2D eigenvalue weighted by Crippen LogP contribution is 2.35. The first-order valence-corrected chi connectivity index (χ1v) is 11.2. The number of fused-ring (bicyclic) bond motifs is 1. The summed E-state index contributed by atoms with van der Waals surface area (Å²) in [5.74, 6) is -0.287. The monoisotopic (exact) mass is 457 g/mol. The number of hydrogen-bond acceptors (Lipinski definition) is 4. The Bertz CT molecular complexity index is 1220. The highest BCUT2D eigenvalue weighted by molar-refractivity contribution is 6.12. The van der Waals surface area contributed by atoms with E-state index in [0.717, 1.165) is 18.8 Å². The molecule has 6 nitrogen and oxygen atoms in total. The summed E-state index contributed by atoms with van der Waals surface area (Å²) < 4.78 is 19.1. The number of amides is 2. The number of para-hydroxylation sites is 3. The van der Waals surface area contributed by atoms with Crippen LogP contribution in [0.2, 0.25) is 0 Å². The Balaban J connectivity index is 1.32. The molecule has 0 spiro atoms. The van der Waals surface area contributed by atoms with Crippen LogP contribution < -0.4 is 14.5 Å². The molecule has 34 heavy (non-hydrogen) atoms. The van der Waals surface area contributed by atoms with E-state index >= 15 is 0 Å². The maximum Gasteiger partial charge on any atom is 0.294 e. The summed E-state index contributed by atoms with van der Waals surface area (Å²) in [6, 6.07) is 23.1. The van der Waals surface area contributed by atoms with Crippen molar-refractivity contribution < 1.29 is 18.7 Å². The van der Waals surface area contributed by atoms with Crippen LogP contribution in [0.1, 0.15) is 5.56 Å². The fourth-order valence-electron chi connectivity index (χ4n) is 4.22. The van der Waals surface area contributed by atoms with E-state index in [1.807, 2.05) is 24.3 Å². The van der Waals surface area contributed by atoms with Gasteiger partial charge in [-0.1, -0.05) is 42.5 Å². The summed E-state index contributed by atoms with van der Waals surface area (Å²) in [6.45, 7) is 2.57. The summed E-state index contributed by atoms with van der Waals surface area (Å²) in [4.78, 5) is 32.0. The van der Waals surface area contributed by atoms with E-state index in [-0.39, 0.29) is 24.0 Å². The Morgan fingerprint density at radius 2 is 1.56 bits per heavy atom. The quantitative estimate of drug-likeness (QED) is 0.557. The molecular weight excluding hydrogens is 433 g/mol. The predicted octanol–water partition coefficient (Wildman–Crippen LogP) is 3.94. The molecule has 1 fully saturated rings. The molecule has 0 aromatic heterocycles. The molecule has 172 valence electrons. The lowest BCUT2D eigenvalue weighted by Crippen LogP contribution is -2.52. The van der Waals surface area contributed by atoms with Crippen LogP contribution in [0.15, 0.2) is 84.6 Å². The first-order valence-electron chi connectivity index (χ1n) is 11.2. The van der Waals surface area contributed by atoms with Crippen LogP contribution in [0.4, 0.5) is 15.8 Å². The van der Waals surface area contributed by atoms with Crippen molar-refractivity contribution in [3.8, 4) is 5.75 Å². The van der Waals surface area contributed by atoms with E-state index in [1.165, 1.54) is 17.0 Å². The Morgan fingerprint density at radius 3 is 2.29 bits per heavy atom. The second-order valence-electron chi connectivity index (χ2n) is 8.22. The normalized spacial score (nSPS) is 16.9. The van der Waals surface area contributed by atoms with Crippen molar-refractivity contribution >= 4 is 29.3 Å². The van der Waals surface area contributed by atoms with E-state index in [1.54, 1.807) is 41.3 Å². The van der Waals surface area contributed by atoms with Crippen molar-refractivity contribution in [2.24, 2.45) is 0 Å². The van der Waals surface area contributed by atoms with Crippen molar-refractivity contribution in [3.05, 3.63) is 96.0 Å². The van der Waals surface area contributed by atoms with Crippen LogP contribution in [0.5, 0.6) is 5.75 Å². The summed E-state index contributed by atoms with van der Waals surface area (Å²) in [5, 5.41) is 0. The van der Waals surface area contributed by atoms with Gasteiger partial charge in [-0.3, -0.25) is 14.5 Å². The third kappa shape index (κ3) is 4.50. The Labute approximate surface area is 197 Å². The number of hydrogen-bond donors (Lipinski definition) is 0. The SMILES string of the molecule is O=C(CN1C(=O)/C(=C\c2ccc(F)cc2)Oc2ccccc21)N1CCN(c2ccccc2)CC1. The fraction of sp³-hybridized carbons (Fsp3) is 0.185. The average molecular weight is 458 g/mol. The lowest BCUT2D eigenvalue weighted by molar-refractivity contribution is -0.131. The molecule has 0 aliphatic carbocycles. The van der Waals surface area contributed by atoms with Crippen LogP contribution in [0, 0.1) is 5.82 Å². The van der Waals surface area contributed by atoms with E-state index in [9.17, 15) is 14.0 Å². The molecule has 0 unspecified atom stereocenters. The number of carbonyl (C=O) groups is 2. The molecule has 0 atom stereocenters. The van der Waals surface area contributed by atoms with Crippen LogP contribution in [0.25, 0.3) is 6.08 Å². The molecule has 1 saturated heterocycles. The Kier molecular flexibility index (Phi) is 5.99. The molecule has 2 heterocycles. The molecule has 5 rings (SSSR count). The number of anilines is 2. The maximum absolute atomic E-state index is 13.3. The van der Waals surface area contributed by atoms with E-state index in [4.69, 9.17) is 4.74 Å². The van der Waals surface area contributed by atoms with Gasteiger partial charge in [-0.25, -0.2) is 4.39 Å². The summed E-state index contributed by atoms with van der Waals surface area (Å²) in [7, 11) is 0. The van der Waals surface area contributed by atoms with Crippen molar-refractivity contribution in [2.45, 2.75) is 0 Å². The molecule has 2 amide bonds. The highest BCUT2D eigenvalue weighted by atomic mass is 19.1. The lowest BCUT2D eigenvalue weighted by Gasteiger charge is -2.37. The Hall–Kier alpha value is -4.13. The molecule has 0 N–H and O–H groups in total. The topological polar surface area (TPSA) is 53.1 Å². The highest BCUT2D eigenvalue weighted by Gasteiger charge is 2.33. The van der Waals surface area contributed by atoms with Crippen molar-refractivity contribution in [1.29, 1.82) is 0 Å². The molecule has 2 aliphatic rings. The van der Waals surface area contributed by atoms with Gasteiger partial charge in [0.15, 0.2) is 11.5 Å². The molecule has 0 bridgehead atoms. The number of benzene rings is 3. The molecule has 0 saturated carbocycles. The van der Waals surface area contributed by atoms with Gasteiger partial charge < -0.3 is 14.5 Å². The van der Waals surface area contributed by atoms with Crippen molar-refractivity contribution in [3.63, 3.8) is 0 Å². The lowest BCUT2D eigenvalue weighted by atomic mass is 10.1. The van der Waals surface area contributed by atoms with Crippen molar-refractivity contribution in [2.75, 3.05) is 42.5 Å². The van der Waals surface area contributed by atoms with Crippen LogP contribution in [-0.4, -0.2) is 49.4 Å². The number of halogens is 1. The number of piperazine rings is 1. The number of ether oxygens (including phenoxy) is 1. The summed E-state index contributed by atoms with van der Waals surface area (Å²) in [6.07, 6.45) is 1.56. The van der Waals surface area contributed by atoms with E-state index in [2.05, 4.69) is 17.0 Å². The number of rotatable bonds is 4. The van der Waals surface area contributed by atoms with Gasteiger partial charge in [0.2, 0.25) is 5.91 Å². The molecular formula is C27H24FN3O3. The first kappa shape index (κ1) is 21.7. The zero-order valence-electron chi connectivity index (χ0n) is 18.6. The van der Waals surface area contributed by atoms with E-state index in [0.29, 0.717) is 30.1 Å². The minimum Gasteiger partial charge on any atom is -0.449 e. The standard InChI is InChI=1S/C27H24FN3O3/c28-21-12-10-20(11-13-21)18-25-27(33)31(23-8-4-5-9-24(23)34-25)19-26(32)30-16-14-29(15-17-30)22-6-2-1-3-7-22/h1-13,18H,14-17,19H2/b25-18+. The van der Waals surface area contributed by atoms with Gasteiger partial charge in [0.1, 0.15) is 12.4 Å². The van der Waals surface area contributed by atoms with Crippen LogP contribution in [0.3, 0.4) is 0 Å². The third-order valence-corrected chi connectivity index (χ3v) is 6.05. The molecule has 3 aromatic carbocycles. The van der Waals surface area contributed by atoms with E-state index < -0.39 is 5.91 Å². The van der Waals surface area contributed by atoms with Gasteiger partial charge in [0.05, 0.1) is 5.69 Å². The summed E-state index contributed by atoms with van der Waals surface area (Å²) >= 11 is 0. The van der Waals surface area contributed by atoms with Gasteiger partial charge in [0, 0.05) is 31.9 Å². The first-order chi connectivity index (χ1) is 16.6. The zero-order chi connectivity index (χ0) is 23.5. The fourth-order valence-corrected chi connectivity index (χ4v) is 4.22. The smallest absolute Gasteiger partial charge is 0.294 e. The maximum atomic E-state index is 13.3. The van der Waals surface area contributed by atoms with Gasteiger partial charge >= 0.3 is 0 Å². The number of carbonyl (C=O) groups excluding carboxylic acids is 2. The second kappa shape index (κ2) is 9.39. The molecule has 2 aliphatic heterocycles. The minimum atomic E-state index is -0.403. The molecule has 0 radical (unpaired) electrons. The minimum absolute atomic E-state index is 0.0781.